The fourth-order valence-electron chi connectivity index (χ4n) is 2.16. The van der Waals surface area contributed by atoms with Gasteiger partial charge < -0.3 is 19.5 Å². The molecule has 2 aromatic rings. The summed E-state index contributed by atoms with van der Waals surface area (Å²) in [7, 11) is -0.0437. The molecule has 0 fully saturated rings. The zero-order chi connectivity index (χ0) is 20.0. The van der Waals surface area contributed by atoms with Gasteiger partial charge in [0.15, 0.2) is 16.4 Å². The maximum atomic E-state index is 12.8. The molecule has 0 unspecified atom stereocenters. The summed E-state index contributed by atoms with van der Waals surface area (Å²) in [5, 5.41) is 3.15. The van der Waals surface area contributed by atoms with E-state index in [0.29, 0.717) is 22.2 Å². The first kappa shape index (κ1) is 20.6. The lowest BCUT2D eigenvalue weighted by Crippen LogP contribution is -2.17. The van der Waals surface area contributed by atoms with Crippen molar-refractivity contribution in [2.45, 2.75) is 4.90 Å². The number of anilines is 1. The minimum atomic E-state index is -4.12. The maximum Gasteiger partial charge on any atom is 0.351 e. The topological polar surface area (TPSA) is 90.9 Å². The van der Waals surface area contributed by atoms with Gasteiger partial charge in [0.1, 0.15) is 0 Å². The van der Waals surface area contributed by atoms with Crippen molar-refractivity contribution in [1.82, 2.24) is 0 Å². The van der Waals surface area contributed by atoms with Crippen LogP contribution in [-0.2, 0) is 19.4 Å². The summed E-state index contributed by atoms with van der Waals surface area (Å²) in [6.07, 6.45) is 1.07. The summed E-state index contributed by atoms with van der Waals surface area (Å²) in [6.45, 7) is 0. The molecule has 0 saturated carbocycles. The third-order valence-electron chi connectivity index (χ3n) is 3.55. The number of halogens is 1. The maximum absolute atomic E-state index is 12.8. The van der Waals surface area contributed by atoms with E-state index in [9.17, 15) is 13.2 Å². The second kappa shape index (κ2) is 8.79. The van der Waals surface area contributed by atoms with Crippen molar-refractivity contribution in [3.05, 3.63) is 58.6 Å². The van der Waals surface area contributed by atoms with Gasteiger partial charge in [-0.25, -0.2) is 13.2 Å². The molecule has 0 bridgehead atoms. The second-order valence-corrected chi connectivity index (χ2v) is 7.53. The smallest absolute Gasteiger partial charge is 0.351 e. The highest BCUT2D eigenvalue weighted by Crippen LogP contribution is 2.30. The lowest BCUT2D eigenvalue weighted by molar-refractivity contribution is -0.135. The molecule has 0 heterocycles. The summed E-state index contributed by atoms with van der Waals surface area (Å²) in [6, 6.07) is 10.3. The third kappa shape index (κ3) is 4.72. The number of carbonyl (C=O) groups excluding carboxylic acids is 1. The summed E-state index contributed by atoms with van der Waals surface area (Å²) >= 11 is 5.79. The number of methoxy groups -OCH3 is 3. The van der Waals surface area contributed by atoms with E-state index in [2.05, 4.69) is 10.1 Å². The largest absolute Gasteiger partial charge is 0.493 e. The highest BCUT2D eigenvalue weighted by molar-refractivity contribution is 7.96. The molecule has 2 aromatic carbocycles. The van der Waals surface area contributed by atoms with E-state index >= 15 is 0 Å². The number of hydrogen-bond donors (Lipinski definition) is 1. The number of nitrogens with one attached hydrogen (secondary N) is 1. The van der Waals surface area contributed by atoms with Crippen LogP contribution in [-0.4, -0.2) is 35.7 Å². The van der Waals surface area contributed by atoms with Crippen molar-refractivity contribution in [2.24, 2.45) is 0 Å². The van der Waals surface area contributed by atoms with Gasteiger partial charge in [0.2, 0.25) is 9.84 Å². The Morgan fingerprint density at radius 2 is 1.63 bits per heavy atom. The monoisotopic (exact) mass is 411 g/mol. The van der Waals surface area contributed by atoms with E-state index in [4.69, 9.17) is 21.1 Å². The van der Waals surface area contributed by atoms with Crippen LogP contribution in [0.2, 0.25) is 5.02 Å². The van der Waals surface area contributed by atoms with Crippen LogP contribution in [0.3, 0.4) is 0 Å². The molecule has 0 aliphatic carbocycles. The third-order valence-corrected chi connectivity index (χ3v) is 5.56. The van der Waals surface area contributed by atoms with E-state index in [-0.39, 0.29) is 4.90 Å². The number of benzene rings is 2. The molecule has 0 amide bonds. The van der Waals surface area contributed by atoms with Gasteiger partial charge in [-0.15, -0.1) is 0 Å². The van der Waals surface area contributed by atoms with Gasteiger partial charge in [-0.1, -0.05) is 11.6 Å². The molecule has 0 aliphatic rings. The fourth-order valence-corrected chi connectivity index (χ4v) is 3.55. The molecule has 0 saturated heterocycles. The van der Waals surface area contributed by atoms with Gasteiger partial charge in [-0.05, 0) is 36.4 Å². The van der Waals surface area contributed by atoms with E-state index in [1.165, 1.54) is 38.5 Å². The molecule has 0 aliphatic heterocycles. The van der Waals surface area contributed by atoms with Crippen molar-refractivity contribution in [2.75, 3.05) is 26.6 Å². The number of carbonyl (C=O) groups is 1. The highest BCUT2D eigenvalue weighted by Gasteiger charge is 2.28. The summed E-state index contributed by atoms with van der Waals surface area (Å²) in [5.74, 6) is -0.0528. The molecule has 0 spiro atoms. The Labute approximate surface area is 162 Å². The van der Waals surface area contributed by atoms with Gasteiger partial charge in [0.05, 0.1) is 26.2 Å². The first-order valence-corrected chi connectivity index (χ1v) is 9.47. The number of esters is 1. The Hall–Kier alpha value is -2.71. The van der Waals surface area contributed by atoms with Crippen LogP contribution in [0.25, 0.3) is 0 Å². The van der Waals surface area contributed by atoms with Crippen LogP contribution in [0.1, 0.15) is 0 Å². The number of sulfone groups is 1. The summed E-state index contributed by atoms with van der Waals surface area (Å²) in [5.41, 5.74) is 0.486. The van der Waals surface area contributed by atoms with Gasteiger partial charge in [0.25, 0.3) is 0 Å². The molecule has 2 rings (SSSR count). The predicted molar refractivity (Wildman–Crippen MR) is 102 cm³/mol. The minimum absolute atomic E-state index is 0.0855. The van der Waals surface area contributed by atoms with Crippen molar-refractivity contribution < 1.29 is 27.4 Å². The molecule has 0 atom stereocenters. The number of ether oxygens (including phenoxy) is 3. The van der Waals surface area contributed by atoms with Crippen LogP contribution in [0.5, 0.6) is 11.5 Å². The van der Waals surface area contributed by atoms with Gasteiger partial charge in [0, 0.05) is 23.0 Å². The van der Waals surface area contributed by atoms with Gasteiger partial charge >= 0.3 is 5.97 Å². The molecule has 0 radical (unpaired) electrons. The first-order valence-electron chi connectivity index (χ1n) is 7.61. The van der Waals surface area contributed by atoms with Crippen molar-refractivity contribution in [3.8, 4) is 11.5 Å². The summed E-state index contributed by atoms with van der Waals surface area (Å²) in [4.78, 5) is 11.4. The Morgan fingerprint density at radius 1 is 1.00 bits per heavy atom. The average Bonchev–Trinajstić information content (AvgIpc) is 2.67. The van der Waals surface area contributed by atoms with E-state index in [1.807, 2.05) is 0 Å². The molecule has 1 N–H and O–H groups in total. The molecule has 144 valence electrons. The van der Waals surface area contributed by atoms with E-state index in [1.54, 1.807) is 18.2 Å². The number of rotatable bonds is 7. The second-order valence-electron chi connectivity index (χ2n) is 5.17. The van der Waals surface area contributed by atoms with Crippen LogP contribution >= 0.6 is 11.6 Å². The molecular formula is C18H18ClNO6S. The molecular weight excluding hydrogens is 394 g/mol. The van der Waals surface area contributed by atoms with Gasteiger partial charge in [-0.2, -0.15) is 0 Å². The van der Waals surface area contributed by atoms with Crippen LogP contribution in [0.15, 0.2) is 58.5 Å². The van der Waals surface area contributed by atoms with E-state index in [0.717, 1.165) is 13.3 Å². The van der Waals surface area contributed by atoms with E-state index < -0.39 is 20.7 Å². The Morgan fingerprint density at radius 3 is 2.19 bits per heavy atom. The first-order chi connectivity index (χ1) is 12.8. The lowest BCUT2D eigenvalue weighted by atomic mass is 10.3. The average molecular weight is 412 g/mol. The lowest BCUT2D eigenvalue weighted by Gasteiger charge is -2.11. The summed E-state index contributed by atoms with van der Waals surface area (Å²) < 4.78 is 40.5. The molecule has 0 aromatic heterocycles. The zero-order valence-electron chi connectivity index (χ0n) is 14.9. The molecule has 7 nitrogen and oxygen atoms in total. The SMILES string of the molecule is COC(=O)C(=CNc1ccc(OC)c(OC)c1)S(=O)(=O)c1ccc(Cl)cc1. The normalized spacial score (nSPS) is 11.6. The van der Waals surface area contributed by atoms with Crippen molar-refractivity contribution in [3.63, 3.8) is 0 Å². The van der Waals surface area contributed by atoms with Crippen molar-refractivity contribution >= 4 is 33.1 Å². The van der Waals surface area contributed by atoms with Gasteiger partial charge in [-0.3, -0.25) is 0 Å². The van der Waals surface area contributed by atoms with Crippen LogP contribution in [0.4, 0.5) is 5.69 Å². The minimum Gasteiger partial charge on any atom is -0.493 e. The predicted octanol–water partition coefficient (Wildman–Crippen LogP) is 3.26. The highest BCUT2D eigenvalue weighted by atomic mass is 35.5. The molecule has 27 heavy (non-hydrogen) atoms. The standard InChI is InChI=1S/C18H18ClNO6S/c1-24-15-9-6-13(10-16(15)25-2)20-11-17(18(21)26-3)27(22,23)14-7-4-12(19)5-8-14/h4-11,20H,1-3H3. The Kier molecular flexibility index (Phi) is 6.70. The Bertz CT molecular complexity index is 954. The van der Waals surface area contributed by atoms with Crippen LogP contribution < -0.4 is 14.8 Å². The van der Waals surface area contributed by atoms with Crippen molar-refractivity contribution in [1.29, 1.82) is 0 Å². The number of hydrogen-bond acceptors (Lipinski definition) is 7. The van der Waals surface area contributed by atoms with Crippen LogP contribution in [0, 0.1) is 0 Å². The molecule has 9 heteroatoms. The fraction of sp³-hybridized carbons (Fsp3) is 0.167. The Balaban J connectivity index is 2.42. The zero-order valence-corrected chi connectivity index (χ0v) is 16.4. The quantitative estimate of drug-likeness (QED) is 0.552.